The highest BCUT2D eigenvalue weighted by Gasteiger charge is 2.11. The molecule has 0 fully saturated rings. The third kappa shape index (κ3) is 37.0. The zero-order valence-electron chi connectivity index (χ0n) is 29.4. The standard InChI is InChI=1S/C39H76O4/c1-3-5-7-9-11-13-15-17-19-21-23-25-27-29-31-33-35-42-38(40)37-39(41)43-36-34-32-30-28-26-24-22-20-18-16-14-12-10-8-6-4-2/h3-37H2,1-2H3. The minimum absolute atomic E-state index is 0.252. The molecule has 0 N–H and O–H groups in total. The lowest BCUT2D eigenvalue weighted by Crippen LogP contribution is -2.15. The fourth-order valence-electron chi connectivity index (χ4n) is 5.89. The van der Waals surface area contributed by atoms with Crippen LogP contribution in [0.25, 0.3) is 0 Å². The fraction of sp³-hybridized carbons (Fsp3) is 0.949. The Morgan fingerprint density at radius 1 is 0.302 bits per heavy atom. The molecule has 0 aromatic heterocycles. The Morgan fingerprint density at radius 2 is 0.488 bits per heavy atom. The number of carbonyl (C=O) groups is 2. The van der Waals surface area contributed by atoms with Gasteiger partial charge in [0.05, 0.1) is 13.2 Å². The minimum Gasteiger partial charge on any atom is -0.465 e. The van der Waals surface area contributed by atoms with Crippen LogP contribution in [-0.4, -0.2) is 25.2 Å². The molecular weight excluding hydrogens is 532 g/mol. The Kier molecular flexibility index (Phi) is 36.2. The van der Waals surface area contributed by atoms with Crippen LogP contribution in [0, 0.1) is 0 Å². The highest BCUT2D eigenvalue weighted by molar-refractivity contribution is 5.91. The van der Waals surface area contributed by atoms with Crippen molar-refractivity contribution in [2.45, 2.75) is 226 Å². The van der Waals surface area contributed by atoms with Crippen LogP contribution in [0.2, 0.25) is 0 Å². The molecule has 0 unspecified atom stereocenters. The van der Waals surface area contributed by atoms with Crippen molar-refractivity contribution in [3.05, 3.63) is 0 Å². The predicted octanol–water partition coefficient (Wildman–Crippen LogP) is 13.0. The van der Waals surface area contributed by atoms with Gasteiger partial charge in [-0.05, 0) is 12.8 Å². The van der Waals surface area contributed by atoms with Gasteiger partial charge in [0, 0.05) is 0 Å². The van der Waals surface area contributed by atoms with E-state index in [0.29, 0.717) is 13.2 Å². The van der Waals surface area contributed by atoms with Crippen molar-refractivity contribution in [1.29, 1.82) is 0 Å². The zero-order chi connectivity index (χ0) is 31.3. The number of hydrogen-bond acceptors (Lipinski definition) is 4. The molecule has 0 bridgehead atoms. The van der Waals surface area contributed by atoms with Crippen molar-refractivity contribution in [2.24, 2.45) is 0 Å². The zero-order valence-corrected chi connectivity index (χ0v) is 29.4. The van der Waals surface area contributed by atoms with E-state index in [2.05, 4.69) is 13.8 Å². The van der Waals surface area contributed by atoms with Crippen LogP contribution < -0.4 is 0 Å². The smallest absolute Gasteiger partial charge is 0.317 e. The van der Waals surface area contributed by atoms with Crippen molar-refractivity contribution < 1.29 is 19.1 Å². The molecule has 0 aromatic carbocycles. The molecule has 4 heteroatoms. The molecule has 0 atom stereocenters. The quantitative estimate of drug-likeness (QED) is 0.0403. The van der Waals surface area contributed by atoms with E-state index in [1.807, 2.05) is 0 Å². The maximum atomic E-state index is 11.9. The van der Waals surface area contributed by atoms with Gasteiger partial charge in [-0.25, -0.2) is 0 Å². The highest BCUT2D eigenvalue weighted by Crippen LogP contribution is 2.15. The first-order valence-corrected chi connectivity index (χ1v) is 19.5. The topological polar surface area (TPSA) is 52.6 Å². The average Bonchev–Trinajstić information content (AvgIpc) is 3.00. The first-order chi connectivity index (χ1) is 21.2. The first kappa shape index (κ1) is 41.9. The van der Waals surface area contributed by atoms with Gasteiger partial charge in [-0.1, -0.05) is 206 Å². The number of hydrogen-bond donors (Lipinski definition) is 0. The van der Waals surface area contributed by atoms with E-state index in [-0.39, 0.29) is 6.42 Å². The lowest BCUT2D eigenvalue weighted by atomic mass is 10.0. The van der Waals surface area contributed by atoms with E-state index in [1.165, 1.54) is 180 Å². The summed E-state index contributed by atoms with van der Waals surface area (Å²) in [5.74, 6) is -0.893. The van der Waals surface area contributed by atoms with Crippen LogP contribution in [0.4, 0.5) is 0 Å². The Balaban J connectivity index is 3.26. The SMILES string of the molecule is CCCCCCCCCCCCCCCCCCOC(=O)CC(=O)OCCCCCCCCCCCCCCCCCC. The molecule has 4 nitrogen and oxygen atoms in total. The van der Waals surface area contributed by atoms with Crippen LogP contribution in [0.5, 0.6) is 0 Å². The van der Waals surface area contributed by atoms with Gasteiger partial charge in [-0.3, -0.25) is 9.59 Å². The van der Waals surface area contributed by atoms with Gasteiger partial charge in [-0.2, -0.15) is 0 Å². The summed E-state index contributed by atoms with van der Waals surface area (Å²) in [5.41, 5.74) is 0. The third-order valence-electron chi connectivity index (χ3n) is 8.81. The van der Waals surface area contributed by atoms with Gasteiger partial charge in [0.15, 0.2) is 0 Å². The van der Waals surface area contributed by atoms with E-state index in [4.69, 9.17) is 9.47 Å². The number of ether oxygens (including phenoxy) is 2. The molecule has 256 valence electrons. The Labute approximate surface area is 269 Å². The molecule has 0 rings (SSSR count). The molecule has 0 spiro atoms. The van der Waals surface area contributed by atoms with E-state index in [0.717, 1.165) is 25.7 Å². The fourth-order valence-corrected chi connectivity index (χ4v) is 5.89. The van der Waals surface area contributed by atoms with Gasteiger partial charge in [0.1, 0.15) is 6.42 Å². The number of unbranched alkanes of at least 4 members (excludes halogenated alkanes) is 30. The Hall–Kier alpha value is -1.06. The van der Waals surface area contributed by atoms with Gasteiger partial charge < -0.3 is 9.47 Å². The van der Waals surface area contributed by atoms with Crippen molar-refractivity contribution in [1.82, 2.24) is 0 Å². The molecule has 0 radical (unpaired) electrons. The summed E-state index contributed by atoms with van der Waals surface area (Å²) in [4.78, 5) is 23.7. The van der Waals surface area contributed by atoms with Crippen LogP contribution in [0.15, 0.2) is 0 Å². The van der Waals surface area contributed by atoms with Crippen molar-refractivity contribution in [3.8, 4) is 0 Å². The molecule has 0 aromatic rings. The minimum atomic E-state index is -0.446. The van der Waals surface area contributed by atoms with E-state index in [9.17, 15) is 9.59 Å². The van der Waals surface area contributed by atoms with Gasteiger partial charge >= 0.3 is 11.9 Å². The molecule has 0 saturated heterocycles. The lowest BCUT2D eigenvalue weighted by molar-refractivity contribution is -0.154. The second-order valence-corrected chi connectivity index (χ2v) is 13.2. The molecule has 0 aliphatic rings. The second-order valence-electron chi connectivity index (χ2n) is 13.2. The Bertz CT molecular complexity index is 513. The molecule has 0 aliphatic carbocycles. The Morgan fingerprint density at radius 3 is 0.698 bits per heavy atom. The van der Waals surface area contributed by atoms with E-state index >= 15 is 0 Å². The van der Waals surface area contributed by atoms with Crippen molar-refractivity contribution in [2.75, 3.05) is 13.2 Å². The van der Waals surface area contributed by atoms with Crippen molar-refractivity contribution in [3.63, 3.8) is 0 Å². The van der Waals surface area contributed by atoms with E-state index in [1.54, 1.807) is 0 Å². The first-order valence-electron chi connectivity index (χ1n) is 19.5. The van der Waals surface area contributed by atoms with Crippen LogP contribution >= 0.6 is 0 Å². The van der Waals surface area contributed by atoms with Gasteiger partial charge in [0.25, 0.3) is 0 Å². The van der Waals surface area contributed by atoms with Crippen LogP contribution in [-0.2, 0) is 19.1 Å². The summed E-state index contributed by atoms with van der Waals surface area (Å²) in [6, 6.07) is 0. The number of carbonyl (C=O) groups excluding carboxylic acids is 2. The summed E-state index contributed by atoms with van der Waals surface area (Å²) in [5, 5.41) is 0. The molecule has 0 saturated carbocycles. The summed E-state index contributed by atoms with van der Waals surface area (Å²) in [6.45, 7) is 5.40. The average molecular weight is 609 g/mol. The van der Waals surface area contributed by atoms with E-state index < -0.39 is 11.9 Å². The largest absolute Gasteiger partial charge is 0.465 e. The van der Waals surface area contributed by atoms with Gasteiger partial charge in [-0.15, -0.1) is 0 Å². The van der Waals surface area contributed by atoms with Crippen LogP contribution in [0.3, 0.4) is 0 Å². The summed E-state index contributed by atoms with van der Waals surface area (Å²) >= 11 is 0. The highest BCUT2D eigenvalue weighted by atomic mass is 16.6. The third-order valence-corrected chi connectivity index (χ3v) is 8.81. The van der Waals surface area contributed by atoms with Crippen molar-refractivity contribution >= 4 is 11.9 Å². The molecule has 0 aliphatic heterocycles. The monoisotopic (exact) mass is 609 g/mol. The maximum absolute atomic E-state index is 11.9. The maximum Gasteiger partial charge on any atom is 0.317 e. The normalized spacial score (nSPS) is 11.2. The second kappa shape index (κ2) is 37.1. The summed E-state index contributed by atoms with van der Waals surface area (Å²) in [7, 11) is 0. The molecule has 43 heavy (non-hydrogen) atoms. The predicted molar refractivity (Wildman–Crippen MR) is 186 cm³/mol. The molecule has 0 heterocycles. The summed E-state index contributed by atoms with van der Waals surface area (Å²) in [6.07, 6.45) is 42.1. The number of rotatable bonds is 36. The number of esters is 2. The lowest BCUT2D eigenvalue weighted by Gasteiger charge is -2.07. The van der Waals surface area contributed by atoms with Crippen LogP contribution in [0.1, 0.15) is 226 Å². The van der Waals surface area contributed by atoms with Gasteiger partial charge in [0.2, 0.25) is 0 Å². The summed E-state index contributed by atoms with van der Waals surface area (Å²) < 4.78 is 10.5. The molecular formula is C39H76O4. The molecule has 0 amide bonds.